The predicted octanol–water partition coefficient (Wildman–Crippen LogP) is -0.671. The van der Waals surface area contributed by atoms with Crippen LogP contribution in [0.15, 0.2) is 0 Å². The van der Waals surface area contributed by atoms with E-state index in [1.807, 2.05) is 0 Å². The fraction of sp³-hybridized carbons (Fsp3) is 0.857. The molecule has 0 bridgehead atoms. The van der Waals surface area contributed by atoms with Crippen LogP contribution in [0.5, 0.6) is 0 Å². The Labute approximate surface area is 210 Å². The molecule has 0 aromatic rings. The molecule has 0 aliphatic rings. The van der Waals surface area contributed by atoms with Gasteiger partial charge in [-0.1, -0.05) is 71.1 Å². The zero-order valence-electron chi connectivity index (χ0n) is 19.9. The number of carboxylic acids is 2. The van der Waals surface area contributed by atoms with Crippen molar-refractivity contribution in [1.29, 1.82) is 0 Å². The van der Waals surface area contributed by atoms with Crippen LogP contribution < -0.4 is 46.8 Å². The SMILES string of the molecule is CCCCCCCCCCCCC(O)C(N)(N)O.NC(CCC(=O)O)C(=O)O.[CH2-]C.[Na+]. The summed E-state index contributed by atoms with van der Waals surface area (Å²) < 4.78 is 0. The maximum atomic E-state index is 9.99. The molecule has 0 spiro atoms. The zero-order chi connectivity index (χ0) is 24.0. The molecule has 0 aliphatic heterocycles. The molecule has 0 aromatic carbocycles. The maximum absolute atomic E-state index is 9.99. The van der Waals surface area contributed by atoms with Crippen LogP contribution in [0.4, 0.5) is 0 Å². The Morgan fingerprint density at radius 2 is 1.26 bits per heavy atom. The van der Waals surface area contributed by atoms with Crippen molar-refractivity contribution < 1.29 is 59.6 Å². The normalized spacial score (nSPS) is 12.3. The summed E-state index contributed by atoms with van der Waals surface area (Å²) in [5.74, 6) is -4.14. The number of hydrogen-bond acceptors (Lipinski definition) is 7. The van der Waals surface area contributed by atoms with Gasteiger partial charge in [0, 0.05) is 6.42 Å². The van der Waals surface area contributed by atoms with Crippen molar-refractivity contribution in [2.24, 2.45) is 17.2 Å². The Bertz CT molecular complexity index is 409. The third kappa shape index (κ3) is 32.0. The summed E-state index contributed by atoms with van der Waals surface area (Å²) in [5, 5.41) is 34.8. The van der Waals surface area contributed by atoms with Gasteiger partial charge in [-0.05, 0) is 12.8 Å². The van der Waals surface area contributed by atoms with Gasteiger partial charge in [-0.2, -0.15) is 6.92 Å². The molecule has 0 saturated heterocycles. The number of carboxylic acid groups (broad SMARTS) is 2. The molecule has 10 N–H and O–H groups in total. The minimum absolute atomic E-state index is 0. The van der Waals surface area contributed by atoms with E-state index in [1.165, 1.54) is 51.4 Å². The van der Waals surface area contributed by atoms with Gasteiger partial charge in [-0.15, -0.1) is 0 Å². The standard InChI is InChI=1S/C14H32N2O2.C5H9NO4.C2H5.Na/c1-2-3-4-5-6-7-8-9-10-11-12-13(17)14(15,16)18;6-3(5(9)10)1-2-4(7)8;1-2;/h13,17-18H,2-12,15-16H2,1H3;3H,1-2,6H2,(H,7,8)(H,9,10);1H2,2H3;/q;;-1;+1. The molecule has 0 aliphatic carbocycles. The fourth-order valence-electron chi connectivity index (χ4n) is 2.46. The minimum Gasteiger partial charge on any atom is -0.481 e. The third-order valence-corrected chi connectivity index (χ3v) is 4.35. The number of nitrogens with two attached hydrogens (primary N) is 3. The molecule has 0 rings (SSSR count). The van der Waals surface area contributed by atoms with E-state index >= 15 is 0 Å². The number of rotatable bonds is 16. The molecular formula is C21H46N3NaO6. The van der Waals surface area contributed by atoms with Crippen molar-refractivity contribution in [2.45, 2.75) is 115 Å². The smallest absolute Gasteiger partial charge is 0.481 e. The van der Waals surface area contributed by atoms with Crippen molar-refractivity contribution in [3.05, 3.63) is 6.92 Å². The van der Waals surface area contributed by atoms with Crippen LogP contribution in [0.2, 0.25) is 0 Å². The Kier molecular flexibility index (Phi) is 31.9. The molecule has 0 fully saturated rings. The number of aliphatic carboxylic acids is 2. The Balaban J connectivity index is -0.000000239. The summed E-state index contributed by atoms with van der Waals surface area (Å²) in [6, 6.07) is -1.06. The monoisotopic (exact) mass is 459 g/mol. The van der Waals surface area contributed by atoms with E-state index in [-0.39, 0.29) is 42.4 Å². The van der Waals surface area contributed by atoms with Gasteiger partial charge in [-0.25, -0.2) is 0 Å². The molecule has 2 unspecified atom stereocenters. The zero-order valence-corrected chi connectivity index (χ0v) is 21.9. The van der Waals surface area contributed by atoms with Crippen LogP contribution in [0, 0.1) is 6.92 Å². The first-order valence-corrected chi connectivity index (χ1v) is 10.9. The molecule has 9 nitrogen and oxygen atoms in total. The van der Waals surface area contributed by atoms with Crippen LogP contribution in [0.3, 0.4) is 0 Å². The quantitative estimate of drug-likeness (QED) is 0.0678. The minimum atomic E-state index is -1.95. The van der Waals surface area contributed by atoms with E-state index in [4.69, 9.17) is 32.5 Å². The van der Waals surface area contributed by atoms with Crippen molar-refractivity contribution in [1.82, 2.24) is 0 Å². The average molecular weight is 460 g/mol. The third-order valence-electron chi connectivity index (χ3n) is 4.35. The van der Waals surface area contributed by atoms with E-state index in [9.17, 15) is 14.7 Å². The molecule has 31 heavy (non-hydrogen) atoms. The molecule has 0 aromatic heterocycles. The summed E-state index contributed by atoms with van der Waals surface area (Å²) in [4.78, 5) is 19.9. The Morgan fingerprint density at radius 1 is 0.871 bits per heavy atom. The van der Waals surface area contributed by atoms with Crippen LogP contribution in [0.25, 0.3) is 0 Å². The van der Waals surface area contributed by atoms with E-state index < -0.39 is 29.9 Å². The number of aliphatic hydroxyl groups excluding tert-OH is 1. The summed E-state index contributed by atoms with van der Waals surface area (Å²) in [5.41, 5.74) is 15.4. The largest absolute Gasteiger partial charge is 1.00 e. The van der Waals surface area contributed by atoms with Gasteiger partial charge in [0.05, 0.1) is 0 Å². The topological polar surface area (TPSA) is 193 Å². The molecule has 2 atom stereocenters. The van der Waals surface area contributed by atoms with Crippen LogP contribution in [0.1, 0.15) is 97.3 Å². The molecule has 182 valence electrons. The Morgan fingerprint density at radius 3 is 1.58 bits per heavy atom. The van der Waals surface area contributed by atoms with Crippen LogP contribution >= 0.6 is 0 Å². The number of unbranched alkanes of at least 4 members (excludes halogenated alkanes) is 9. The van der Waals surface area contributed by atoms with Gasteiger partial charge in [0.15, 0.2) is 5.85 Å². The van der Waals surface area contributed by atoms with E-state index in [2.05, 4.69) is 13.8 Å². The van der Waals surface area contributed by atoms with Gasteiger partial charge in [-0.3, -0.25) is 21.1 Å². The molecule has 0 heterocycles. The molecule has 0 amide bonds. The van der Waals surface area contributed by atoms with Crippen molar-refractivity contribution in [3.63, 3.8) is 0 Å². The second kappa shape index (κ2) is 26.0. The first-order valence-electron chi connectivity index (χ1n) is 10.9. The van der Waals surface area contributed by atoms with Crippen molar-refractivity contribution in [3.8, 4) is 0 Å². The van der Waals surface area contributed by atoms with Crippen LogP contribution in [-0.4, -0.2) is 50.4 Å². The van der Waals surface area contributed by atoms with Gasteiger partial charge in [0.2, 0.25) is 0 Å². The summed E-state index contributed by atoms with van der Waals surface area (Å²) >= 11 is 0. The van der Waals surface area contributed by atoms with E-state index in [0.29, 0.717) is 6.42 Å². The maximum Gasteiger partial charge on any atom is 1.00 e. The Hall–Kier alpha value is -0.260. The second-order valence-corrected chi connectivity index (χ2v) is 7.25. The molecule has 10 heteroatoms. The van der Waals surface area contributed by atoms with Gasteiger partial charge in [0.25, 0.3) is 0 Å². The van der Waals surface area contributed by atoms with E-state index in [0.717, 1.165) is 12.8 Å². The number of hydrogen-bond donors (Lipinski definition) is 7. The fourth-order valence-corrected chi connectivity index (χ4v) is 2.46. The average Bonchev–Trinajstić information content (AvgIpc) is 2.68. The van der Waals surface area contributed by atoms with Crippen LogP contribution in [-0.2, 0) is 9.59 Å². The predicted molar refractivity (Wildman–Crippen MR) is 119 cm³/mol. The van der Waals surface area contributed by atoms with Gasteiger partial charge in [0.1, 0.15) is 12.1 Å². The van der Waals surface area contributed by atoms with E-state index in [1.54, 1.807) is 6.92 Å². The number of carbonyl (C=O) groups is 2. The summed E-state index contributed by atoms with van der Waals surface area (Å²) in [6.07, 6.45) is 11.7. The second-order valence-electron chi connectivity index (χ2n) is 7.25. The van der Waals surface area contributed by atoms with Crippen molar-refractivity contribution in [2.75, 3.05) is 0 Å². The molecule has 0 radical (unpaired) electrons. The first kappa shape index (κ1) is 38.0. The first-order chi connectivity index (χ1) is 14.0. The summed E-state index contributed by atoms with van der Waals surface area (Å²) in [6.45, 7) is 7.23. The molecular weight excluding hydrogens is 413 g/mol. The van der Waals surface area contributed by atoms with Gasteiger partial charge >= 0.3 is 41.5 Å². The van der Waals surface area contributed by atoms with Gasteiger partial charge < -0.3 is 33.1 Å². The number of aliphatic hydroxyl groups is 2. The van der Waals surface area contributed by atoms with Crippen molar-refractivity contribution >= 4 is 11.9 Å². The molecule has 0 saturated carbocycles. The summed E-state index contributed by atoms with van der Waals surface area (Å²) in [7, 11) is 0.